The topological polar surface area (TPSA) is 70.2 Å². The molecule has 1 amide bonds. The molecule has 2 aliphatic heterocycles. The summed E-state index contributed by atoms with van der Waals surface area (Å²) in [5, 5.41) is 0. The molecule has 0 spiro atoms. The van der Waals surface area contributed by atoms with E-state index in [9.17, 15) is 13.2 Å². The van der Waals surface area contributed by atoms with E-state index >= 15 is 0 Å². The molecule has 0 atom stereocenters. The number of hydrogen-bond donors (Lipinski definition) is 0. The van der Waals surface area contributed by atoms with Crippen molar-refractivity contribution in [3.63, 3.8) is 0 Å². The lowest BCUT2D eigenvalue weighted by atomic mass is 10.1. The number of benzene rings is 2. The number of para-hydroxylation sites is 2. The third kappa shape index (κ3) is 3.89. The molecule has 2 aromatic carbocycles. The predicted molar refractivity (Wildman–Crippen MR) is 113 cm³/mol. The summed E-state index contributed by atoms with van der Waals surface area (Å²) in [4.78, 5) is 17.1. The predicted octanol–water partition coefficient (Wildman–Crippen LogP) is 2.20. The molecule has 0 bridgehead atoms. The molecule has 2 saturated heterocycles. The first-order chi connectivity index (χ1) is 14.0. The van der Waals surface area contributed by atoms with E-state index in [1.54, 1.807) is 31.4 Å². The van der Waals surface area contributed by atoms with E-state index in [-0.39, 0.29) is 11.7 Å². The number of carbonyl (C=O) groups excluding carboxylic acids is 1. The Hall–Kier alpha value is -2.74. The van der Waals surface area contributed by atoms with Crippen molar-refractivity contribution in [1.29, 1.82) is 0 Å². The van der Waals surface area contributed by atoms with E-state index in [0.29, 0.717) is 50.4 Å². The van der Waals surface area contributed by atoms with Gasteiger partial charge in [0, 0.05) is 38.3 Å². The maximum Gasteiger partial charge on any atom is 0.254 e. The molecular formula is C21H25N3O4S. The number of carbonyl (C=O) groups is 1. The maximum absolute atomic E-state index is 13.0. The lowest BCUT2D eigenvalue weighted by Crippen LogP contribution is -2.48. The highest BCUT2D eigenvalue weighted by atomic mass is 32.2. The molecule has 0 radical (unpaired) electrons. The van der Waals surface area contributed by atoms with Crippen LogP contribution in [0.15, 0.2) is 48.5 Å². The van der Waals surface area contributed by atoms with Gasteiger partial charge in [0.25, 0.3) is 5.91 Å². The van der Waals surface area contributed by atoms with Crippen molar-refractivity contribution in [2.45, 2.75) is 6.42 Å². The highest BCUT2D eigenvalue weighted by molar-refractivity contribution is 7.93. The second-order valence-electron chi connectivity index (χ2n) is 7.24. The van der Waals surface area contributed by atoms with Gasteiger partial charge in [0.15, 0.2) is 0 Å². The van der Waals surface area contributed by atoms with Crippen LogP contribution in [-0.4, -0.2) is 64.8 Å². The molecule has 154 valence electrons. The number of piperazine rings is 1. The van der Waals surface area contributed by atoms with Gasteiger partial charge in [-0.05, 0) is 36.8 Å². The van der Waals surface area contributed by atoms with E-state index in [1.165, 1.54) is 4.31 Å². The zero-order chi connectivity index (χ0) is 20.4. The Labute approximate surface area is 171 Å². The molecule has 8 heteroatoms. The van der Waals surface area contributed by atoms with Crippen LogP contribution < -0.4 is 13.9 Å². The fourth-order valence-electron chi connectivity index (χ4n) is 3.95. The summed E-state index contributed by atoms with van der Waals surface area (Å²) in [7, 11) is -1.60. The van der Waals surface area contributed by atoms with Crippen LogP contribution in [0.3, 0.4) is 0 Å². The van der Waals surface area contributed by atoms with Gasteiger partial charge in [-0.1, -0.05) is 18.2 Å². The van der Waals surface area contributed by atoms with Crippen LogP contribution in [0.1, 0.15) is 16.8 Å². The van der Waals surface area contributed by atoms with E-state index < -0.39 is 10.0 Å². The normalized spacial score (nSPS) is 18.7. The van der Waals surface area contributed by atoms with Crippen LogP contribution in [-0.2, 0) is 10.0 Å². The average Bonchev–Trinajstić information content (AvgIpc) is 3.12. The van der Waals surface area contributed by atoms with E-state index in [2.05, 4.69) is 4.90 Å². The number of methoxy groups -OCH3 is 1. The smallest absolute Gasteiger partial charge is 0.254 e. The van der Waals surface area contributed by atoms with Gasteiger partial charge in [0.05, 0.1) is 24.2 Å². The third-order valence-corrected chi connectivity index (χ3v) is 7.34. The Balaban J connectivity index is 1.46. The molecular weight excluding hydrogens is 390 g/mol. The highest BCUT2D eigenvalue weighted by Crippen LogP contribution is 2.29. The Kier molecular flexibility index (Phi) is 5.36. The van der Waals surface area contributed by atoms with Gasteiger partial charge < -0.3 is 14.5 Å². The van der Waals surface area contributed by atoms with Gasteiger partial charge in [-0.3, -0.25) is 9.10 Å². The minimum absolute atomic E-state index is 0.0666. The van der Waals surface area contributed by atoms with Gasteiger partial charge in [0.1, 0.15) is 5.75 Å². The van der Waals surface area contributed by atoms with Gasteiger partial charge in [-0.15, -0.1) is 0 Å². The molecule has 7 nitrogen and oxygen atoms in total. The van der Waals surface area contributed by atoms with Crippen molar-refractivity contribution < 1.29 is 17.9 Å². The van der Waals surface area contributed by atoms with Crippen LogP contribution >= 0.6 is 0 Å². The Bertz CT molecular complexity index is 1000. The third-order valence-electron chi connectivity index (χ3n) is 5.47. The molecule has 0 saturated carbocycles. The molecule has 4 rings (SSSR count). The Morgan fingerprint density at radius 1 is 0.966 bits per heavy atom. The Morgan fingerprint density at radius 2 is 1.72 bits per heavy atom. The second kappa shape index (κ2) is 7.94. The fraction of sp³-hybridized carbons (Fsp3) is 0.381. The molecule has 2 heterocycles. The first-order valence-electron chi connectivity index (χ1n) is 9.77. The molecule has 0 aliphatic carbocycles. The van der Waals surface area contributed by atoms with Gasteiger partial charge in [-0.2, -0.15) is 0 Å². The van der Waals surface area contributed by atoms with E-state index in [0.717, 1.165) is 11.4 Å². The Morgan fingerprint density at radius 3 is 2.41 bits per heavy atom. The van der Waals surface area contributed by atoms with Crippen LogP contribution in [0.25, 0.3) is 0 Å². The monoisotopic (exact) mass is 415 g/mol. The maximum atomic E-state index is 13.0. The summed E-state index contributed by atoms with van der Waals surface area (Å²) in [6, 6.07) is 14.8. The lowest BCUT2D eigenvalue weighted by molar-refractivity contribution is 0.0746. The first-order valence-corrected chi connectivity index (χ1v) is 11.4. The average molecular weight is 416 g/mol. The van der Waals surface area contributed by atoms with Crippen molar-refractivity contribution in [2.24, 2.45) is 0 Å². The molecule has 2 aliphatic rings. The SMILES string of the molecule is COc1ccccc1N1CCN(C(=O)c2cccc(N3CCCS3(=O)=O)c2)CC1. The number of sulfonamides is 1. The molecule has 0 unspecified atom stereocenters. The summed E-state index contributed by atoms with van der Waals surface area (Å²) in [6.45, 7) is 3.10. The number of nitrogens with zero attached hydrogens (tertiary/aromatic N) is 3. The summed E-state index contributed by atoms with van der Waals surface area (Å²) in [5.74, 6) is 0.922. The van der Waals surface area contributed by atoms with Crippen LogP contribution in [0.5, 0.6) is 5.75 Å². The molecule has 0 aromatic heterocycles. The van der Waals surface area contributed by atoms with Gasteiger partial charge in [-0.25, -0.2) is 8.42 Å². The number of ether oxygens (including phenoxy) is 1. The minimum Gasteiger partial charge on any atom is -0.495 e. The van der Waals surface area contributed by atoms with Gasteiger partial charge >= 0.3 is 0 Å². The summed E-state index contributed by atoms with van der Waals surface area (Å²) >= 11 is 0. The van der Waals surface area contributed by atoms with Crippen molar-refractivity contribution in [2.75, 3.05) is 54.8 Å². The standard InChI is InChI=1S/C21H25N3O4S/c1-28-20-9-3-2-8-19(20)22-11-13-23(14-12-22)21(25)17-6-4-7-18(16-17)24-10-5-15-29(24,26)27/h2-4,6-9,16H,5,10-15H2,1H3. The number of amides is 1. The zero-order valence-electron chi connectivity index (χ0n) is 16.5. The fourth-order valence-corrected chi connectivity index (χ4v) is 5.50. The van der Waals surface area contributed by atoms with Crippen molar-refractivity contribution in [3.05, 3.63) is 54.1 Å². The van der Waals surface area contributed by atoms with Gasteiger partial charge in [0.2, 0.25) is 10.0 Å². The lowest BCUT2D eigenvalue weighted by Gasteiger charge is -2.36. The summed E-state index contributed by atoms with van der Waals surface area (Å²) in [5.41, 5.74) is 2.12. The number of hydrogen-bond acceptors (Lipinski definition) is 5. The first kappa shape index (κ1) is 19.6. The number of rotatable bonds is 4. The van der Waals surface area contributed by atoms with Crippen molar-refractivity contribution in [3.8, 4) is 5.75 Å². The van der Waals surface area contributed by atoms with Crippen LogP contribution in [0, 0.1) is 0 Å². The summed E-state index contributed by atoms with van der Waals surface area (Å²) < 4.78 is 31.2. The van der Waals surface area contributed by atoms with E-state index in [4.69, 9.17) is 4.74 Å². The molecule has 2 aromatic rings. The molecule has 29 heavy (non-hydrogen) atoms. The molecule has 2 fully saturated rings. The molecule has 0 N–H and O–H groups in total. The minimum atomic E-state index is -3.26. The quantitative estimate of drug-likeness (QED) is 0.766. The van der Waals surface area contributed by atoms with Crippen molar-refractivity contribution >= 4 is 27.3 Å². The van der Waals surface area contributed by atoms with Crippen LogP contribution in [0.4, 0.5) is 11.4 Å². The van der Waals surface area contributed by atoms with Crippen molar-refractivity contribution in [1.82, 2.24) is 4.90 Å². The zero-order valence-corrected chi connectivity index (χ0v) is 17.3. The number of anilines is 2. The van der Waals surface area contributed by atoms with E-state index in [1.807, 2.05) is 29.2 Å². The largest absolute Gasteiger partial charge is 0.495 e. The highest BCUT2D eigenvalue weighted by Gasteiger charge is 2.29. The second-order valence-corrected chi connectivity index (χ2v) is 9.26. The van der Waals surface area contributed by atoms with Crippen LogP contribution in [0.2, 0.25) is 0 Å². The summed E-state index contributed by atoms with van der Waals surface area (Å²) in [6.07, 6.45) is 0.616.